The van der Waals surface area contributed by atoms with E-state index in [0.29, 0.717) is 0 Å². The van der Waals surface area contributed by atoms with E-state index >= 15 is 0 Å². The Morgan fingerprint density at radius 3 is 1.91 bits per heavy atom. The molecule has 0 aromatic carbocycles. The summed E-state index contributed by atoms with van der Waals surface area (Å²) in [4.78, 5) is 34.9. The molecule has 0 spiro atoms. The molecule has 134 valence electrons. The van der Waals surface area contributed by atoms with Gasteiger partial charge in [-0.1, -0.05) is 0 Å². The number of rotatable bonds is 10. The molecule has 2 unspecified atom stereocenters. The fourth-order valence-electron chi connectivity index (χ4n) is 1.16. The Hall–Kier alpha value is 0.290. The lowest BCUT2D eigenvalue weighted by atomic mass is 9.99. The van der Waals surface area contributed by atoms with Gasteiger partial charge in [0, 0.05) is 13.7 Å². The first-order valence-corrected chi connectivity index (χ1v) is 9.92. The minimum absolute atomic E-state index is 0.350. The average Bonchev–Trinajstić information content (AvgIpc) is 2.25. The predicted molar refractivity (Wildman–Crippen MR) is 70.3 cm³/mol. The Morgan fingerprint density at radius 2 is 1.59 bits per heavy atom. The number of hydrogen-bond donors (Lipinski definition) is 6. The van der Waals surface area contributed by atoms with Crippen LogP contribution in [0.2, 0.25) is 0 Å². The van der Waals surface area contributed by atoms with Crippen LogP contribution in [0.25, 0.3) is 0 Å². The third-order valence-corrected chi connectivity index (χ3v) is 6.18. The van der Waals surface area contributed by atoms with Gasteiger partial charge in [-0.2, -0.15) is 8.62 Å². The normalized spacial score (nSPS) is 22.4. The van der Waals surface area contributed by atoms with Gasteiger partial charge in [0.1, 0.15) is 5.60 Å². The first-order chi connectivity index (χ1) is 9.69. The van der Waals surface area contributed by atoms with Gasteiger partial charge in [0.2, 0.25) is 0 Å². The van der Waals surface area contributed by atoms with Gasteiger partial charge in [-0.25, -0.2) is 13.7 Å². The van der Waals surface area contributed by atoms with E-state index in [1.807, 2.05) is 0 Å². The molecule has 0 bridgehead atoms. The average molecular weight is 389 g/mol. The molecular formula is C6H18NO12P3. The molecule has 0 amide bonds. The Balaban J connectivity index is 4.95. The molecule has 0 fully saturated rings. The molecule has 22 heavy (non-hydrogen) atoms. The number of methoxy groups -OCH3 is 1. The molecular weight excluding hydrogens is 371 g/mol. The molecule has 16 heteroatoms. The van der Waals surface area contributed by atoms with Gasteiger partial charge < -0.3 is 35.2 Å². The maximum Gasteiger partial charge on any atom is 0.490 e. The highest BCUT2D eigenvalue weighted by Gasteiger charge is 2.43. The Morgan fingerprint density at radius 1 is 1.09 bits per heavy atom. The maximum absolute atomic E-state index is 11.5. The van der Waals surface area contributed by atoms with Crippen molar-refractivity contribution in [3.8, 4) is 0 Å². The first kappa shape index (κ1) is 22.3. The summed E-state index contributed by atoms with van der Waals surface area (Å²) in [5.74, 6) is 0. The monoisotopic (exact) mass is 389 g/mol. The molecule has 0 aliphatic carbocycles. The minimum Gasteiger partial charge on any atom is -0.390 e. The fraction of sp³-hybridized carbons (Fsp3) is 1.00. The van der Waals surface area contributed by atoms with Crippen molar-refractivity contribution in [2.75, 3.05) is 20.3 Å². The Bertz CT molecular complexity index is 497. The Labute approximate surface area is 125 Å². The zero-order chi connectivity index (χ0) is 17.8. The largest absolute Gasteiger partial charge is 0.490 e. The van der Waals surface area contributed by atoms with Crippen LogP contribution in [-0.4, -0.2) is 56.6 Å². The van der Waals surface area contributed by atoms with Gasteiger partial charge in [-0.3, -0.25) is 4.52 Å². The molecule has 7 N–H and O–H groups in total. The molecule has 0 saturated heterocycles. The zero-order valence-corrected chi connectivity index (χ0v) is 14.2. The van der Waals surface area contributed by atoms with Crippen molar-refractivity contribution in [3.05, 3.63) is 0 Å². The highest BCUT2D eigenvalue weighted by Crippen LogP contribution is 2.66. The SMILES string of the molecule is CO[C@](CN)(COP(=O)(O)OP(=O)(O)OP(=O)(O)O)[C@H](C)O. The van der Waals surface area contributed by atoms with Crippen LogP contribution in [0.15, 0.2) is 0 Å². The first-order valence-electron chi connectivity index (χ1n) is 5.40. The topological polar surface area (TPSA) is 215 Å². The summed E-state index contributed by atoms with van der Waals surface area (Å²) in [6.45, 7) is 0.0645. The quantitative estimate of drug-likeness (QED) is 0.249. The molecule has 0 heterocycles. The zero-order valence-electron chi connectivity index (χ0n) is 11.5. The van der Waals surface area contributed by atoms with Gasteiger partial charge in [0.05, 0.1) is 12.7 Å². The van der Waals surface area contributed by atoms with E-state index in [1.54, 1.807) is 0 Å². The highest BCUT2D eigenvalue weighted by atomic mass is 31.3. The lowest BCUT2D eigenvalue weighted by Crippen LogP contribution is -2.52. The minimum atomic E-state index is -5.59. The van der Waals surface area contributed by atoms with E-state index in [4.69, 9.17) is 25.2 Å². The molecule has 0 radical (unpaired) electrons. The number of aliphatic hydroxyl groups is 1. The molecule has 0 aliphatic rings. The number of phosphoric ester groups is 1. The van der Waals surface area contributed by atoms with Crippen molar-refractivity contribution in [1.29, 1.82) is 0 Å². The Kier molecular flexibility index (Phi) is 8.01. The molecule has 0 aromatic heterocycles. The lowest BCUT2D eigenvalue weighted by molar-refractivity contribution is -0.113. The van der Waals surface area contributed by atoms with Crippen LogP contribution in [0, 0.1) is 0 Å². The molecule has 0 rings (SSSR count). The third kappa shape index (κ3) is 7.71. The number of phosphoric acid groups is 3. The number of ether oxygens (including phenoxy) is 1. The number of aliphatic hydroxyl groups excluding tert-OH is 1. The summed E-state index contributed by atoms with van der Waals surface area (Å²) in [6.07, 6.45) is -1.25. The second-order valence-electron chi connectivity index (χ2n) is 4.01. The van der Waals surface area contributed by atoms with Crippen LogP contribution in [0.4, 0.5) is 0 Å². The van der Waals surface area contributed by atoms with Gasteiger partial charge >= 0.3 is 23.5 Å². The van der Waals surface area contributed by atoms with Crippen molar-refractivity contribution in [1.82, 2.24) is 0 Å². The maximum atomic E-state index is 11.5. The molecule has 0 saturated carbocycles. The van der Waals surface area contributed by atoms with E-state index < -0.39 is 41.8 Å². The summed E-state index contributed by atoms with van der Waals surface area (Å²) >= 11 is 0. The standard InChI is InChI=1S/C6H18NO12P3/c1-5(8)6(3-7,16-2)4-17-21(12,13)19-22(14,15)18-20(9,10)11/h5,8H,3-4,7H2,1-2H3,(H,12,13)(H,14,15)(H2,9,10,11)/t5-,6+/m0/s1. The molecule has 0 aliphatic heterocycles. The second kappa shape index (κ2) is 7.91. The van der Waals surface area contributed by atoms with Crippen molar-refractivity contribution in [3.63, 3.8) is 0 Å². The molecule has 0 aromatic rings. The summed E-state index contributed by atoms with van der Waals surface area (Å²) in [7, 11) is -15.2. The fourth-order valence-corrected chi connectivity index (χ4v) is 4.23. The number of hydrogen-bond acceptors (Lipinski definition) is 9. The van der Waals surface area contributed by atoms with Crippen LogP contribution in [0.1, 0.15) is 6.92 Å². The predicted octanol–water partition coefficient (Wildman–Crippen LogP) is -0.946. The van der Waals surface area contributed by atoms with Gasteiger partial charge in [-0.05, 0) is 6.92 Å². The van der Waals surface area contributed by atoms with Gasteiger partial charge in [0.25, 0.3) is 0 Å². The smallest absolute Gasteiger partial charge is 0.390 e. The van der Waals surface area contributed by atoms with E-state index in [9.17, 15) is 23.7 Å². The summed E-state index contributed by atoms with van der Waals surface area (Å²) < 4.78 is 49.3. The van der Waals surface area contributed by atoms with Gasteiger partial charge in [-0.15, -0.1) is 0 Å². The van der Waals surface area contributed by atoms with Crippen molar-refractivity contribution in [2.24, 2.45) is 5.73 Å². The van der Waals surface area contributed by atoms with Gasteiger partial charge in [0.15, 0.2) is 0 Å². The summed E-state index contributed by atoms with van der Waals surface area (Å²) in [6, 6.07) is 0. The molecule has 4 atom stereocenters. The summed E-state index contributed by atoms with van der Waals surface area (Å²) in [5, 5.41) is 9.52. The number of nitrogens with two attached hydrogens (primary N) is 1. The summed E-state index contributed by atoms with van der Waals surface area (Å²) in [5.41, 5.74) is 3.73. The molecule has 13 nitrogen and oxygen atoms in total. The van der Waals surface area contributed by atoms with Crippen molar-refractivity contribution in [2.45, 2.75) is 18.6 Å². The van der Waals surface area contributed by atoms with Crippen LogP contribution in [-0.2, 0) is 31.6 Å². The van der Waals surface area contributed by atoms with E-state index in [-0.39, 0.29) is 6.54 Å². The van der Waals surface area contributed by atoms with Crippen LogP contribution in [0.3, 0.4) is 0 Å². The highest BCUT2D eigenvalue weighted by molar-refractivity contribution is 7.66. The van der Waals surface area contributed by atoms with E-state index in [1.165, 1.54) is 6.92 Å². The van der Waals surface area contributed by atoms with Crippen LogP contribution >= 0.6 is 23.5 Å². The van der Waals surface area contributed by atoms with Crippen molar-refractivity contribution < 1.29 is 56.3 Å². The lowest BCUT2D eigenvalue weighted by Gasteiger charge is -2.33. The van der Waals surface area contributed by atoms with Crippen LogP contribution < -0.4 is 5.73 Å². The van der Waals surface area contributed by atoms with Crippen LogP contribution in [0.5, 0.6) is 0 Å². The van der Waals surface area contributed by atoms with E-state index in [0.717, 1.165) is 7.11 Å². The second-order valence-corrected chi connectivity index (χ2v) is 8.43. The van der Waals surface area contributed by atoms with E-state index in [2.05, 4.69) is 13.1 Å². The van der Waals surface area contributed by atoms with Crippen molar-refractivity contribution >= 4 is 23.5 Å². The third-order valence-electron chi connectivity index (χ3n) is 2.40.